The molecular formula is C25H32N4O2. The van der Waals surface area contributed by atoms with E-state index in [1.54, 1.807) is 6.92 Å². The van der Waals surface area contributed by atoms with E-state index in [1.807, 2.05) is 24.4 Å². The number of hydrogen-bond donors (Lipinski definition) is 1. The van der Waals surface area contributed by atoms with Crippen LogP contribution < -0.4 is 15.1 Å². The molecule has 0 radical (unpaired) electrons. The van der Waals surface area contributed by atoms with Crippen LogP contribution in [0.1, 0.15) is 44.7 Å². The lowest BCUT2D eigenvalue weighted by Crippen LogP contribution is -2.51. The first-order valence-corrected chi connectivity index (χ1v) is 11.6. The van der Waals surface area contributed by atoms with Crippen molar-refractivity contribution in [1.82, 2.24) is 4.98 Å². The average molecular weight is 421 g/mol. The monoisotopic (exact) mass is 420 g/mol. The van der Waals surface area contributed by atoms with Crippen molar-refractivity contribution in [2.24, 2.45) is 11.8 Å². The molecule has 3 aliphatic rings. The van der Waals surface area contributed by atoms with E-state index in [1.165, 1.54) is 24.1 Å². The van der Waals surface area contributed by atoms with Crippen LogP contribution in [0.5, 0.6) is 0 Å². The highest BCUT2D eigenvalue weighted by Crippen LogP contribution is 2.50. The summed E-state index contributed by atoms with van der Waals surface area (Å²) in [6, 6.07) is 12.9. The molecule has 2 fully saturated rings. The second-order valence-electron chi connectivity index (χ2n) is 9.11. The van der Waals surface area contributed by atoms with E-state index >= 15 is 0 Å². The van der Waals surface area contributed by atoms with Crippen molar-refractivity contribution in [2.45, 2.75) is 45.2 Å². The van der Waals surface area contributed by atoms with Crippen molar-refractivity contribution in [3.63, 3.8) is 0 Å². The van der Waals surface area contributed by atoms with Gasteiger partial charge in [0.2, 0.25) is 5.91 Å². The second kappa shape index (κ2) is 8.50. The fraction of sp³-hybridized carbons (Fsp3) is 0.520. The number of anilines is 3. The van der Waals surface area contributed by atoms with Gasteiger partial charge in [0.15, 0.2) is 0 Å². The van der Waals surface area contributed by atoms with Crippen LogP contribution in [0.15, 0.2) is 42.6 Å². The number of carbonyl (C=O) groups is 1. The van der Waals surface area contributed by atoms with Crippen LogP contribution in [0.4, 0.5) is 17.2 Å². The molecule has 1 aliphatic carbocycles. The molecule has 1 saturated carbocycles. The second-order valence-corrected chi connectivity index (χ2v) is 9.11. The first-order valence-electron chi connectivity index (χ1n) is 11.6. The fourth-order valence-corrected chi connectivity index (χ4v) is 5.36. The predicted molar refractivity (Wildman–Crippen MR) is 124 cm³/mol. The van der Waals surface area contributed by atoms with Crippen LogP contribution in [0, 0.1) is 11.8 Å². The van der Waals surface area contributed by atoms with Gasteiger partial charge >= 0.3 is 0 Å². The number of pyridine rings is 1. The molecule has 1 N–H and O–H groups in total. The molecule has 1 saturated heterocycles. The Kier molecular flexibility index (Phi) is 5.57. The summed E-state index contributed by atoms with van der Waals surface area (Å²) in [6.45, 7) is 7.46. The summed E-state index contributed by atoms with van der Waals surface area (Å²) in [6.07, 6.45) is 5.27. The Hall–Kier alpha value is -2.60. The van der Waals surface area contributed by atoms with E-state index in [9.17, 15) is 4.79 Å². The number of ether oxygens (including phenoxy) is 1. The molecule has 5 rings (SSSR count). The van der Waals surface area contributed by atoms with Gasteiger partial charge in [-0.15, -0.1) is 0 Å². The van der Waals surface area contributed by atoms with E-state index < -0.39 is 0 Å². The minimum Gasteiger partial charge on any atom is -0.380 e. The minimum atomic E-state index is 0.106. The van der Waals surface area contributed by atoms with Gasteiger partial charge in [-0.3, -0.25) is 4.79 Å². The van der Waals surface area contributed by atoms with Gasteiger partial charge in [-0.25, -0.2) is 4.98 Å². The number of nitrogens with zero attached hydrogens (tertiary/aromatic N) is 3. The molecule has 164 valence electrons. The molecule has 3 heterocycles. The maximum Gasteiger partial charge on any atom is 0.224 e. The van der Waals surface area contributed by atoms with Crippen LogP contribution in [-0.2, 0) is 9.53 Å². The molecule has 1 aromatic carbocycles. The lowest BCUT2D eigenvalue weighted by molar-refractivity contribution is -0.117. The van der Waals surface area contributed by atoms with Crippen LogP contribution in [-0.4, -0.2) is 43.2 Å². The van der Waals surface area contributed by atoms with E-state index in [2.05, 4.69) is 45.2 Å². The van der Waals surface area contributed by atoms with Gasteiger partial charge in [0.25, 0.3) is 0 Å². The smallest absolute Gasteiger partial charge is 0.224 e. The normalized spacial score (nSPS) is 26.2. The number of benzene rings is 1. The fourth-order valence-electron chi connectivity index (χ4n) is 5.36. The van der Waals surface area contributed by atoms with E-state index in [-0.39, 0.29) is 23.9 Å². The highest BCUT2D eigenvalue weighted by molar-refractivity contribution is 5.94. The van der Waals surface area contributed by atoms with Gasteiger partial charge in [-0.2, -0.15) is 0 Å². The molecule has 2 aromatic rings. The zero-order valence-electron chi connectivity index (χ0n) is 18.5. The van der Waals surface area contributed by atoms with E-state index in [0.717, 1.165) is 44.2 Å². The van der Waals surface area contributed by atoms with Crippen molar-refractivity contribution >= 4 is 23.1 Å². The number of amides is 1. The van der Waals surface area contributed by atoms with Crippen LogP contribution in [0.25, 0.3) is 0 Å². The molecule has 1 amide bonds. The van der Waals surface area contributed by atoms with Gasteiger partial charge in [0.05, 0.1) is 12.6 Å². The Labute approximate surface area is 184 Å². The summed E-state index contributed by atoms with van der Waals surface area (Å²) in [5, 5.41) is 3.71. The zero-order chi connectivity index (χ0) is 21.4. The molecule has 2 unspecified atom stereocenters. The van der Waals surface area contributed by atoms with Crippen LogP contribution in [0.3, 0.4) is 0 Å². The number of aromatic nitrogens is 1. The number of hydrogen-bond acceptors (Lipinski definition) is 5. The standard InChI is InChI=1S/C25H32N4O2/c1-17-24(27-23-6-3-4-11-26-23)21-16-20(28-12-5-14-31-15-13-28)9-10-22(21)29(18(2)30)25(17)19-7-8-19/h3-4,6,9-11,16-17,19,24-25H,5,7-8,12-15H2,1-2H3,(H,26,27)/t17-,24?,25?/m1/s1. The molecule has 6 nitrogen and oxygen atoms in total. The zero-order valence-corrected chi connectivity index (χ0v) is 18.5. The Morgan fingerprint density at radius 1 is 1.16 bits per heavy atom. The molecule has 31 heavy (non-hydrogen) atoms. The molecule has 0 spiro atoms. The maximum absolute atomic E-state index is 12.8. The summed E-state index contributed by atoms with van der Waals surface area (Å²) < 4.78 is 5.66. The average Bonchev–Trinajstić information content (AvgIpc) is 3.63. The summed E-state index contributed by atoms with van der Waals surface area (Å²) in [7, 11) is 0. The van der Waals surface area contributed by atoms with Crippen molar-refractivity contribution in [3.8, 4) is 0 Å². The first-order chi connectivity index (χ1) is 15.1. The summed E-state index contributed by atoms with van der Waals surface area (Å²) in [4.78, 5) is 21.8. The minimum absolute atomic E-state index is 0.106. The third kappa shape index (κ3) is 4.01. The number of rotatable bonds is 4. The molecule has 2 aliphatic heterocycles. The van der Waals surface area contributed by atoms with Crippen LogP contribution in [0.2, 0.25) is 0 Å². The lowest BCUT2D eigenvalue weighted by atomic mass is 9.79. The third-order valence-corrected chi connectivity index (χ3v) is 6.97. The molecule has 0 bridgehead atoms. The maximum atomic E-state index is 12.8. The van der Waals surface area contributed by atoms with Crippen molar-refractivity contribution in [1.29, 1.82) is 0 Å². The molecule has 1 aromatic heterocycles. The largest absolute Gasteiger partial charge is 0.380 e. The first kappa shape index (κ1) is 20.3. The quantitative estimate of drug-likeness (QED) is 0.802. The Morgan fingerprint density at radius 2 is 2.03 bits per heavy atom. The lowest BCUT2D eigenvalue weighted by Gasteiger charge is -2.46. The highest BCUT2D eigenvalue weighted by atomic mass is 16.5. The van der Waals surface area contributed by atoms with E-state index in [4.69, 9.17) is 4.74 Å². The molecule has 3 atom stereocenters. The molecular weight excluding hydrogens is 388 g/mol. The number of carbonyl (C=O) groups excluding carboxylic acids is 1. The number of nitrogens with one attached hydrogen (secondary N) is 1. The van der Waals surface area contributed by atoms with Gasteiger partial charge in [0.1, 0.15) is 5.82 Å². The van der Waals surface area contributed by atoms with Crippen LogP contribution >= 0.6 is 0 Å². The molecule has 6 heteroatoms. The Morgan fingerprint density at radius 3 is 2.77 bits per heavy atom. The highest BCUT2D eigenvalue weighted by Gasteiger charge is 2.47. The summed E-state index contributed by atoms with van der Waals surface area (Å²) >= 11 is 0. The van der Waals surface area contributed by atoms with Gasteiger partial charge < -0.3 is 19.9 Å². The third-order valence-electron chi connectivity index (χ3n) is 6.97. The van der Waals surface area contributed by atoms with Crippen molar-refractivity contribution in [3.05, 3.63) is 48.2 Å². The Balaban J connectivity index is 1.57. The van der Waals surface area contributed by atoms with Gasteiger partial charge in [-0.1, -0.05) is 13.0 Å². The SMILES string of the molecule is CC(=O)N1c2ccc(N3CCCOCC3)cc2C(Nc2ccccn2)[C@@H](C)C1C1CC1. The van der Waals surface area contributed by atoms with Crippen molar-refractivity contribution < 1.29 is 9.53 Å². The van der Waals surface area contributed by atoms with Gasteiger partial charge in [0, 0.05) is 61.7 Å². The number of fused-ring (bicyclic) bond motifs is 1. The summed E-state index contributed by atoms with van der Waals surface area (Å²) in [5.41, 5.74) is 3.44. The predicted octanol–water partition coefficient (Wildman–Crippen LogP) is 4.24. The summed E-state index contributed by atoms with van der Waals surface area (Å²) in [5.74, 6) is 1.89. The Bertz CT molecular complexity index is 922. The topological polar surface area (TPSA) is 57.7 Å². The van der Waals surface area contributed by atoms with Gasteiger partial charge in [-0.05, 0) is 55.5 Å². The van der Waals surface area contributed by atoms with E-state index in [0.29, 0.717) is 5.92 Å². The van der Waals surface area contributed by atoms with Crippen molar-refractivity contribution in [2.75, 3.05) is 41.4 Å².